The molecule has 4 nitrogen and oxygen atoms in total. The average Bonchev–Trinajstić information content (AvgIpc) is 2.83. The molecule has 2 N–H and O–H groups in total. The number of hydrogen-bond donors (Lipinski definition) is 1. The molecule has 0 unspecified atom stereocenters. The average molecular weight is 309 g/mol. The van der Waals surface area contributed by atoms with Gasteiger partial charge in [0.15, 0.2) is 5.82 Å². The van der Waals surface area contributed by atoms with Crippen LogP contribution in [-0.2, 0) is 6.54 Å². The van der Waals surface area contributed by atoms with E-state index in [1.807, 2.05) is 24.4 Å². The van der Waals surface area contributed by atoms with Gasteiger partial charge >= 0.3 is 0 Å². The first-order valence-electron chi connectivity index (χ1n) is 5.05. The topological polar surface area (TPSA) is 56.7 Å². The molecule has 17 heavy (non-hydrogen) atoms. The summed E-state index contributed by atoms with van der Waals surface area (Å²) in [4.78, 5) is 4.55. The van der Waals surface area contributed by atoms with Crippen LogP contribution in [0.4, 0.5) is 5.82 Å². The maximum Gasteiger partial charge on any atom is 0.159 e. The second-order valence-electron chi connectivity index (χ2n) is 3.64. The van der Waals surface area contributed by atoms with E-state index in [0.29, 0.717) is 12.4 Å². The number of nitrogen functional groups attached to an aromatic ring is 1. The van der Waals surface area contributed by atoms with Gasteiger partial charge in [0.25, 0.3) is 0 Å². The van der Waals surface area contributed by atoms with Crippen LogP contribution in [0.25, 0.3) is 10.2 Å². The van der Waals surface area contributed by atoms with Crippen molar-refractivity contribution in [2.24, 2.45) is 0 Å². The summed E-state index contributed by atoms with van der Waals surface area (Å²) in [5, 5.41) is 5.22. The van der Waals surface area contributed by atoms with Gasteiger partial charge in [-0.3, -0.25) is 4.68 Å². The lowest BCUT2D eigenvalue weighted by molar-refractivity contribution is 0.687. The first-order valence-corrected chi connectivity index (χ1v) is 6.66. The van der Waals surface area contributed by atoms with E-state index < -0.39 is 0 Å². The minimum Gasteiger partial charge on any atom is -0.381 e. The molecular formula is C11H9BrN4S. The predicted octanol–water partition coefficient (Wildman–Crippen LogP) is 2.89. The van der Waals surface area contributed by atoms with Crippen LogP contribution in [-0.4, -0.2) is 14.8 Å². The highest BCUT2D eigenvalue weighted by Gasteiger charge is 2.06. The molecule has 0 aliphatic rings. The Morgan fingerprint density at radius 1 is 1.35 bits per heavy atom. The van der Waals surface area contributed by atoms with E-state index in [9.17, 15) is 0 Å². The van der Waals surface area contributed by atoms with Gasteiger partial charge in [-0.1, -0.05) is 12.1 Å². The fourth-order valence-corrected chi connectivity index (χ4v) is 2.89. The van der Waals surface area contributed by atoms with Gasteiger partial charge in [-0.2, -0.15) is 5.10 Å². The van der Waals surface area contributed by atoms with E-state index in [2.05, 4.69) is 32.1 Å². The zero-order chi connectivity index (χ0) is 11.8. The summed E-state index contributed by atoms with van der Waals surface area (Å²) >= 11 is 5.02. The summed E-state index contributed by atoms with van der Waals surface area (Å²) in [6, 6.07) is 8.10. The third-order valence-electron chi connectivity index (χ3n) is 2.38. The Labute approximate surface area is 110 Å². The van der Waals surface area contributed by atoms with Crippen LogP contribution in [0.1, 0.15) is 5.01 Å². The second kappa shape index (κ2) is 4.12. The number of nitrogens with zero attached hydrogens (tertiary/aromatic N) is 3. The molecular weight excluding hydrogens is 300 g/mol. The molecule has 0 aliphatic carbocycles. The number of para-hydroxylation sites is 1. The molecule has 3 aromatic rings. The smallest absolute Gasteiger partial charge is 0.159 e. The molecule has 6 heteroatoms. The standard InChI is InChI=1S/C11H9BrN4S/c12-7-5-16(15-11(7)13)6-10-14-8-3-1-2-4-9(8)17-10/h1-5H,6H2,(H2,13,15). The van der Waals surface area contributed by atoms with Crippen LogP contribution in [0.3, 0.4) is 0 Å². The van der Waals surface area contributed by atoms with Gasteiger partial charge in [-0.25, -0.2) is 4.98 Å². The summed E-state index contributed by atoms with van der Waals surface area (Å²) in [5.74, 6) is 0.506. The molecule has 0 fully saturated rings. The fourth-order valence-electron chi connectivity index (χ4n) is 1.62. The van der Waals surface area contributed by atoms with Crippen LogP contribution in [0.5, 0.6) is 0 Å². The fraction of sp³-hybridized carbons (Fsp3) is 0.0909. The molecule has 0 amide bonds. The summed E-state index contributed by atoms with van der Waals surface area (Å²) in [5.41, 5.74) is 6.71. The number of hydrogen-bond acceptors (Lipinski definition) is 4. The van der Waals surface area contributed by atoms with Gasteiger partial charge in [0, 0.05) is 6.20 Å². The van der Waals surface area contributed by atoms with Crippen LogP contribution >= 0.6 is 27.3 Å². The lowest BCUT2D eigenvalue weighted by Crippen LogP contribution is -2.00. The Hall–Kier alpha value is -1.40. The van der Waals surface area contributed by atoms with Crippen molar-refractivity contribution in [1.29, 1.82) is 0 Å². The SMILES string of the molecule is Nc1nn(Cc2nc3ccccc3s2)cc1Br. The molecule has 2 aromatic heterocycles. The molecule has 0 radical (unpaired) electrons. The Morgan fingerprint density at radius 3 is 2.88 bits per heavy atom. The van der Waals surface area contributed by atoms with E-state index in [4.69, 9.17) is 5.73 Å². The van der Waals surface area contributed by atoms with Crippen molar-refractivity contribution >= 4 is 43.3 Å². The van der Waals surface area contributed by atoms with E-state index in [1.165, 1.54) is 4.70 Å². The van der Waals surface area contributed by atoms with Crippen molar-refractivity contribution in [1.82, 2.24) is 14.8 Å². The molecule has 3 rings (SSSR count). The molecule has 1 aromatic carbocycles. The third-order valence-corrected chi connectivity index (χ3v) is 4.01. The number of benzene rings is 1. The highest BCUT2D eigenvalue weighted by Crippen LogP contribution is 2.23. The maximum absolute atomic E-state index is 5.67. The van der Waals surface area contributed by atoms with E-state index in [1.54, 1.807) is 16.0 Å². The maximum atomic E-state index is 5.67. The molecule has 0 saturated heterocycles. The van der Waals surface area contributed by atoms with Crippen molar-refractivity contribution in [2.75, 3.05) is 5.73 Å². The van der Waals surface area contributed by atoms with Crippen molar-refractivity contribution in [3.63, 3.8) is 0 Å². The number of halogens is 1. The van der Waals surface area contributed by atoms with Crippen molar-refractivity contribution in [2.45, 2.75) is 6.54 Å². The quantitative estimate of drug-likeness (QED) is 0.792. The summed E-state index contributed by atoms with van der Waals surface area (Å²) in [7, 11) is 0. The van der Waals surface area contributed by atoms with Crippen molar-refractivity contribution in [3.05, 3.63) is 39.9 Å². The third kappa shape index (κ3) is 2.05. The van der Waals surface area contributed by atoms with E-state index >= 15 is 0 Å². The molecule has 0 aliphatic heterocycles. The van der Waals surface area contributed by atoms with Crippen LogP contribution < -0.4 is 5.73 Å². The summed E-state index contributed by atoms with van der Waals surface area (Å²) < 4.78 is 3.80. The molecule has 0 atom stereocenters. The summed E-state index contributed by atoms with van der Waals surface area (Å²) in [6.07, 6.45) is 1.86. The molecule has 86 valence electrons. The monoisotopic (exact) mass is 308 g/mol. The minimum absolute atomic E-state index is 0.506. The number of fused-ring (bicyclic) bond motifs is 1. The highest BCUT2D eigenvalue weighted by atomic mass is 79.9. The normalized spacial score (nSPS) is 11.1. The van der Waals surface area contributed by atoms with Gasteiger partial charge in [-0.15, -0.1) is 11.3 Å². The Morgan fingerprint density at radius 2 is 2.18 bits per heavy atom. The highest BCUT2D eigenvalue weighted by molar-refractivity contribution is 9.10. The molecule has 0 saturated carbocycles. The van der Waals surface area contributed by atoms with Crippen LogP contribution in [0.2, 0.25) is 0 Å². The molecule has 2 heterocycles. The van der Waals surface area contributed by atoms with Crippen molar-refractivity contribution in [3.8, 4) is 0 Å². The van der Waals surface area contributed by atoms with E-state index in [0.717, 1.165) is 15.0 Å². The van der Waals surface area contributed by atoms with Gasteiger partial charge < -0.3 is 5.73 Å². The zero-order valence-electron chi connectivity index (χ0n) is 8.80. The predicted molar refractivity (Wildman–Crippen MR) is 73.1 cm³/mol. The first kappa shape index (κ1) is 10.7. The van der Waals surface area contributed by atoms with Gasteiger partial charge in [0.05, 0.1) is 21.2 Å². The number of aromatic nitrogens is 3. The Balaban J connectivity index is 1.94. The number of anilines is 1. The van der Waals surface area contributed by atoms with Crippen LogP contribution in [0, 0.1) is 0 Å². The molecule has 0 bridgehead atoms. The lowest BCUT2D eigenvalue weighted by Gasteiger charge is -1.95. The Kier molecular flexibility index (Phi) is 2.60. The summed E-state index contributed by atoms with van der Waals surface area (Å²) in [6.45, 7) is 0.648. The van der Waals surface area contributed by atoms with Gasteiger partial charge in [-0.05, 0) is 28.1 Å². The van der Waals surface area contributed by atoms with E-state index in [-0.39, 0.29) is 0 Å². The minimum atomic E-state index is 0.506. The number of thiazole rings is 1. The first-order chi connectivity index (χ1) is 8.22. The van der Waals surface area contributed by atoms with Gasteiger partial charge in [0.1, 0.15) is 5.01 Å². The largest absolute Gasteiger partial charge is 0.381 e. The van der Waals surface area contributed by atoms with Crippen LogP contribution in [0.15, 0.2) is 34.9 Å². The zero-order valence-corrected chi connectivity index (χ0v) is 11.2. The Bertz CT molecular complexity index is 620. The van der Waals surface area contributed by atoms with Gasteiger partial charge in [0.2, 0.25) is 0 Å². The number of rotatable bonds is 2. The lowest BCUT2D eigenvalue weighted by atomic mass is 10.3. The number of nitrogens with two attached hydrogens (primary N) is 1. The second-order valence-corrected chi connectivity index (χ2v) is 5.60. The van der Waals surface area contributed by atoms with Crippen molar-refractivity contribution < 1.29 is 0 Å². The molecule has 0 spiro atoms.